The van der Waals surface area contributed by atoms with Crippen molar-refractivity contribution in [2.75, 3.05) is 36.5 Å². The van der Waals surface area contributed by atoms with Gasteiger partial charge in [0.15, 0.2) is 0 Å². The maximum Gasteiger partial charge on any atom is 0.401 e. The molecule has 0 aliphatic carbocycles. The first-order valence-electron chi connectivity index (χ1n) is 11.2. The van der Waals surface area contributed by atoms with Crippen LogP contribution in [0.5, 0.6) is 5.75 Å². The Hall–Kier alpha value is -3.38. The van der Waals surface area contributed by atoms with Crippen LogP contribution in [0.4, 0.5) is 24.5 Å². The number of aliphatic hydroxyl groups excluding tert-OH is 1. The lowest BCUT2D eigenvalue weighted by Gasteiger charge is -2.63. The lowest BCUT2D eigenvalue weighted by atomic mass is 9.84. The first-order valence-corrected chi connectivity index (χ1v) is 11.2. The van der Waals surface area contributed by atoms with E-state index >= 15 is 0 Å². The van der Waals surface area contributed by atoms with Crippen LogP contribution in [0.1, 0.15) is 12.5 Å². The number of rotatable bonds is 6. The molecule has 4 heterocycles. The largest absolute Gasteiger partial charge is 0.484 e. The topological polar surface area (TPSA) is 113 Å². The number of aliphatic hydroxyl groups is 1. The number of benzene rings is 1. The van der Waals surface area contributed by atoms with Crippen LogP contribution >= 0.6 is 0 Å². The normalized spacial score (nSPS) is 28.2. The number of piperazine rings is 1. The number of carbonyl (C=O) groups is 1. The van der Waals surface area contributed by atoms with Crippen molar-refractivity contribution in [2.45, 2.75) is 37.2 Å². The molecule has 0 aromatic heterocycles. The summed E-state index contributed by atoms with van der Waals surface area (Å²) in [6, 6.07) is 3.23. The molecule has 2 fully saturated rings. The molecule has 0 saturated carbocycles. The molecular weight excluding hydrogens is 465 g/mol. The van der Waals surface area contributed by atoms with Crippen molar-refractivity contribution in [3.05, 3.63) is 41.4 Å². The van der Waals surface area contributed by atoms with Crippen LogP contribution in [-0.2, 0) is 11.2 Å². The third kappa shape index (κ3) is 4.27. The molecule has 186 valence electrons. The second kappa shape index (κ2) is 8.38. The minimum absolute atomic E-state index is 0.0231. The van der Waals surface area contributed by atoms with Gasteiger partial charge < -0.3 is 30.8 Å². The molecule has 9 nitrogen and oxygen atoms in total. The van der Waals surface area contributed by atoms with Gasteiger partial charge in [-0.15, -0.1) is 0 Å². The molecule has 12 heteroatoms. The van der Waals surface area contributed by atoms with Crippen molar-refractivity contribution in [1.29, 1.82) is 5.41 Å². The molecule has 4 aliphatic rings. The van der Waals surface area contributed by atoms with E-state index in [1.165, 1.54) is 11.1 Å². The summed E-state index contributed by atoms with van der Waals surface area (Å²) in [6.07, 6.45) is 1.84. The summed E-state index contributed by atoms with van der Waals surface area (Å²) in [5.74, 6) is 0.243. The number of aliphatic imine (C=N–C) groups is 1. The van der Waals surface area contributed by atoms with Gasteiger partial charge in [-0.2, -0.15) is 13.2 Å². The molecule has 0 spiro atoms. The van der Waals surface area contributed by atoms with Gasteiger partial charge in [-0.05, 0) is 19.1 Å². The number of amides is 1. The summed E-state index contributed by atoms with van der Waals surface area (Å²) < 4.78 is 44.4. The molecule has 35 heavy (non-hydrogen) atoms. The number of hydrogen-bond acceptors (Lipinski definition) is 8. The second-order valence-electron chi connectivity index (χ2n) is 9.34. The Morgan fingerprint density at radius 3 is 2.80 bits per heavy atom. The highest BCUT2D eigenvalue weighted by Crippen LogP contribution is 2.46. The molecule has 1 unspecified atom stereocenters. The zero-order chi connectivity index (χ0) is 25.0. The molecule has 1 aromatic carbocycles. The number of halogens is 3. The van der Waals surface area contributed by atoms with Gasteiger partial charge >= 0.3 is 6.18 Å². The van der Waals surface area contributed by atoms with Gasteiger partial charge in [0, 0.05) is 55.8 Å². The fraction of sp³-hybridized carbons (Fsp3) is 0.435. The number of ether oxygens (including phenoxy) is 1. The molecular formula is C23H25F3N6O3. The maximum absolute atomic E-state index is 13.1. The molecule has 2 saturated heterocycles. The molecule has 0 radical (unpaired) electrons. The molecule has 4 N–H and O–H groups in total. The summed E-state index contributed by atoms with van der Waals surface area (Å²) in [5, 5.41) is 23.1. The van der Waals surface area contributed by atoms with Gasteiger partial charge in [0.25, 0.3) is 5.91 Å². The van der Waals surface area contributed by atoms with E-state index < -0.39 is 24.2 Å². The van der Waals surface area contributed by atoms with E-state index in [1.807, 2.05) is 4.90 Å². The summed E-state index contributed by atoms with van der Waals surface area (Å²) >= 11 is 0. The quantitative estimate of drug-likeness (QED) is 0.357. The Balaban J connectivity index is 1.42. The van der Waals surface area contributed by atoms with Crippen molar-refractivity contribution < 1.29 is 27.8 Å². The SMILES string of the molecule is C[C@]1(CO)Cc2cc(NC(=O)/C(C=N)=C3\N=CC=CN3)c(N3C[C@@H]4C3CN4CC(F)(F)F)cc2O1. The van der Waals surface area contributed by atoms with Crippen LogP contribution < -0.4 is 20.3 Å². The highest BCUT2D eigenvalue weighted by molar-refractivity contribution is 6.18. The third-order valence-corrected chi connectivity index (χ3v) is 6.74. The van der Waals surface area contributed by atoms with Crippen LogP contribution in [0, 0.1) is 5.41 Å². The number of anilines is 2. The highest BCUT2D eigenvalue weighted by Gasteiger charge is 2.54. The van der Waals surface area contributed by atoms with Gasteiger partial charge in [0.1, 0.15) is 17.2 Å². The zero-order valence-electron chi connectivity index (χ0n) is 18.9. The summed E-state index contributed by atoms with van der Waals surface area (Å²) in [7, 11) is 0. The van der Waals surface area contributed by atoms with Crippen molar-refractivity contribution in [3.63, 3.8) is 0 Å². The molecule has 5 rings (SSSR count). The van der Waals surface area contributed by atoms with Gasteiger partial charge in [-0.25, -0.2) is 4.99 Å². The van der Waals surface area contributed by atoms with E-state index in [-0.39, 0.29) is 36.6 Å². The molecule has 1 aromatic rings. The lowest BCUT2D eigenvalue weighted by Crippen LogP contribution is -2.79. The van der Waals surface area contributed by atoms with E-state index in [9.17, 15) is 23.1 Å². The smallest absolute Gasteiger partial charge is 0.401 e. The Morgan fingerprint density at radius 2 is 2.20 bits per heavy atom. The van der Waals surface area contributed by atoms with Crippen LogP contribution in [0.15, 0.2) is 40.8 Å². The van der Waals surface area contributed by atoms with Crippen LogP contribution in [0.3, 0.4) is 0 Å². The first kappa shape index (κ1) is 23.4. The number of fused-ring (bicyclic) bond motifs is 2. The number of nitrogens with zero attached hydrogens (tertiary/aromatic N) is 3. The molecule has 4 aliphatic heterocycles. The highest BCUT2D eigenvalue weighted by atomic mass is 19.4. The number of nitrogens with one attached hydrogen (secondary N) is 3. The van der Waals surface area contributed by atoms with Gasteiger partial charge in [-0.1, -0.05) is 0 Å². The predicted molar refractivity (Wildman–Crippen MR) is 124 cm³/mol. The number of allylic oxidation sites excluding steroid dienone is 1. The van der Waals surface area contributed by atoms with Crippen molar-refractivity contribution in [2.24, 2.45) is 4.99 Å². The van der Waals surface area contributed by atoms with E-state index in [1.54, 1.807) is 31.3 Å². The average molecular weight is 490 g/mol. The first-order chi connectivity index (χ1) is 16.6. The zero-order valence-corrected chi connectivity index (χ0v) is 18.9. The monoisotopic (exact) mass is 490 g/mol. The standard InChI is InChI=1S/C23H25F3N6O3/c1-22(12-33)7-13-5-15(30-21(34)14(8-27)20-28-3-2-4-29-20)16(6-19(13)35-22)32-10-17-18(32)9-31(17)11-23(24,25)26/h2-6,8,17-18,27-28,33H,7,9-12H2,1H3,(H,30,34)/b20-14-,27-8?/t17-,18?,22-/m1/s1. The van der Waals surface area contributed by atoms with E-state index in [4.69, 9.17) is 10.1 Å². The lowest BCUT2D eigenvalue weighted by molar-refractivity contribution is -0.170. The Kier molecular flexibility index (Phi) is 5.59. The predicted octanol–water partition coefficient (Wildman–Crippen LogP) is 1.79. The second-order valence-corrected chi connectivity index (χ2v) is 9.34. The molecule has 0 bridgehead atoms. The Labute approximate surface area is 199 Å². The van der Waals surface area contributed by atoms with Gasteiger partial charge in [0.2, 0.25) is 0 Å². The molecule has 3 atom stereocenters. The fourth-order valence-electron chi connectivity index (χ4n) is 4.91. The van der Waals surface area contributed by atoms with Gasteiger partial charge in [-0.3, -0.25) is 9.69 Å². The number of carbonyl (C=O) groups excluding carboxylic acids is 1. The Bertz CT molecular complexity index is 1160. The summed E-state index contributed by atoms with van der Waals surface area (Å²) in [4.78, 5) is 20.6. The number of hydrogen-bond donors (Lipinski definition) is 4. The van der Waals surface area contributed by atoms with Crippen molar-refractivity contribution >= 4 is 29.7 Å². The number of alkyl halides is 3. The number of likely N-dealkylation sites (tertiary alicyclic amines) is 1. The van der Waals surface area contributed by atoms with Crippen LogP contribution in [-0.4, -0.2) is 78.4 Å². The minimum Gasteiger partial charge on any atom is -0.484 e. The Morgan fingerprint density at radius 1 is 1.40 bits per heavy atom. The average Bonchev–Trinajstić information content (AvgIpc) is 3.13. The summed E-state index contributed by atoms with van der Waals surface area (Å²) in [5.41, 5.74) is 1.11. The molecule has 1 amide bonds. The minimum atomic E-state index is -4.25. The maximum atomic E-state index is 13.1. The van der Waals surface area contributed by atoms with Crippen molar-refractivity contribution in [3.8, 4) is 5.75 Å². The fourth-order valence-corrected chi connectivity index (χ4v) is 4.91. The third-order valence-electron chi connectivity index (χ3n) is 6.74. The van der Waals surface area contributed by atoms with E-state index in [2.05, 4.69) is 15.6 Å². The van der Waals surface area contributed by atoms with E-state index in [0.29, 0.717) is 30.1 Å². The van der Waals surface area contributed by atoms with Crippen LogP contribution in [0.25, 0.3) is 0 Å². The van der Waals surface area contributed by atoms with E-state index in [0.717, 1.165) is 11.8 Å². The van der Waals surface area contributed by atoms with Crippen molar-refractivity contribution in [1.82, 2.24) is 10.2 Å². The van der Waals surface area contributed by atoms with Gasteiger partial charge in [0.05, 0.1) is 36.1 Å². The summed E-state index contributed by atoms with van der Waals surface area (Å²) in [6.45, 7) is 1.30. The van der Waals surface area contributed by atoms with Crippen LogP contribution in [0.2, 0.25) is 0 Å².